The van der Waals surface area contributed by atoms with E-state index in [0.29, 0.717) is 11.3 Å². The van der Waals surface area contributed by atoms with Gasteiger partial charge < -0.3 is 9.47 Å². The summed E-state index contributed by atoms with van der Waals surface area (Å²) in [4.78, 5) is 35.3. The Bertz CT molecular complexity index is 459. The summed E-state index contributed by atoms with van der Waals surface area (Å²) in [6.07, 6.45) is 3.37. The number of carbonyl (C=O) groups excluding carboxylic acids is 3. The Morgan fingerprint density at radius 1 is 1.41 bits per heavy atom. The number of halogens is 1. The zero-order valence-corrected chi connectivity index (χ0v) is 12.6. The van der Waals surface area contributed by atoms with Crippen LogP contribution >= 0.6 is 0 Å². The number of rotatable bonds is 7. The second-order valence-corrected chi connectivity index (χ2v) is 5.51. The number of unbranched alkanes of at least 4 members (excludes halogenated alkanes) is 4. The summed E-state index contributed by atoms with van der Waals surface area (Å²) in [6, 6.07) is -0.947. The normalized spacial score (nSPS) is 27.5. The summed E-state index contributed by atoms with van der Waals surface area (Å²) in [5.74, 6) is -3.78. The van der Waals surface area contributed by atoms with Crippen molar-refractivity contribution in [1.29, 1.82) is 0 Å². The van der Waals surface area contributed by atoms with Gasteiger partial charge in [0.1, 0.15) is 13.0 Å². The van der Waals surface area contributed by atoms with Crippen molar-refractivity contribution in [2.75, 3.05) is 6.61 Å². The molecule has 2 saturated heterocycles. The molecule has 0 aromatic heterocycles. The van der Waals surface area contributed by atoms with Crippen LogP contribution in [0.15, 0.2) is 0 Å². The van der Waals surface area contributed by atoms with Gasteiger partial charge in [0.05, 0.1) is 0 Å². The lowest BCUT2D eigenvalue weighted by atomic mass is 10.1. The quantitative estimate of drug-likeness (QED) is 0.440. The van der Waals surface area contributed by atoms with Crippen LogP contribution in [0.2, 0.25) is 0 Å². The van der Waals surface area contributed by atoms with E-state index in [1.807, 2.05) is 5.32 Å². The molecule has 22 heavy (non-hydrogen) atoms. The molecular formula is C14H21FN2O5. The molecule has 1 unspecified atom stereocenters. The van der Waals surface area contributed by atoms with Crippen LogP contribution in [0.3, 0.4) is 0 Å². The van der Waals surface area contributed by atoms with Gasteiger partial charge in [0.25, 0.3) is 0 Å². The number of hydrogen-bond acceptors (Lipinski definition) is 5. The highest BCUT2D eigenvalue weighted by Gasteiger charge is 2.57. The molecule has 0 radical (unpaired) electrons. The second-order valence-electron chi connectivity index (χ2n) is 5.51. The number of amides is 3. The molecule has 0 spiro atoms. The number of imide groups is 1. The average Bonchev–Trinajstić information content (AvgIpc) is 2.75. The third kappa shape index (κ3) is 3.73. The minimum atomic E-state index is -2.52. The van der Waals surface area contributed by atoms with Crippen molar-refractivity contribution in [2.24, 2.45) is 0 Å². The predicted molar refractivity (Wildman–Crippen MR) is 73.0 cm³/mol. The smallest absolute Gasteiger partial charge is 0.331 e. The van der Waals surface area contributed by atoms with Gasteiger partial charge >= 0.3 is 18.0 Å². The molecule has 8 heteroatoms. The third-order valence-corrected chi connectivity index (χ3v) is 3.69. The monoisotopic (exact) mass is 316 g/mol. The summed E-state index contributed by atoms with van der Waals surface area (Å²) >= 11 is 0. The van der Waals surface area contributed by atoms with Crippen molar-refractivity contribution in [3.63, 3.8) is 0 Å². The van der Waals surface area contributed by atoms with E-state index in [1.54, 1.807) is 0 Å². The molecule has 0 aromatic rings. The molecule has 124 valence electrons. The fraction of sp³-hybridized carbons (Fsp3) is 0.786. The van der Waals surface area contributed by atoms with Gasteiger partial charge in [-0.3, -0.25) is 14.9 Å². The van der Waals surface area contributed by atoms with Gasteiger partial charge in [0.2, 0.25) is 12.1 Å². The molecule has 0 aromatic carbocycles. The zero-order chi connectivity index (χ0) is 16.2. The highest BCUT2D eigenvalue weighted by molar-refractivity contribution is 5.97. The van der Waals surface area contributed by atoms with Gasteiger partial charge in [-0.2, -0.15) is 4.39 Å². The number of alkyl halides is 1. The Balaban J connectivity index is 1.82. The maximum atomic E-state index is 14.4. The Morgan fingerprint density at radius 2 is 2.14 bits per heavy atom. The minimum absolute atomic E-state index is 0.216. The fourth-order valence-corrected chi connectivity index (χ4v) is 2.57. The van der Waals surface area contributed by atoms with E-state index in [4.69, 9.17) is 9.47 Å². The van der Waals surface area contributed by atoms with E-state index in [9.17, 15) is 18.8 Å². The second kappa shape index (κ2) is 7.04. The molecule has 1 N–H and O–H groups in total. The summed E-state index contributed by atoms with van der Waals surface area (Å²) in [5, 5.41) is 1.98. The Hall–Kier alpha value is -1.70. The third-order valence-electron chi connectivity index (χ3n) is 3.69. The molecule has 2 fully saturated rings. The number of hydrogen-bond donors (Lipinski definition) is 1. The first-order valence-corrected chi connectivity index (χ1v) is 7.62. The predicted octanol–water partition coefficient (Wildman–Crippen LogP) is 1.81. The van der Waals surface area contributed by atoms with Crippen LogP contribution in [0.25, 0.3) is 0 Å². The summed E-state index contributed by atoms with van der Waals surface area (Å²) in [7, 11) is 0. The van der Waals surface area contributed by atoms with E-state index in [2.05, 4.69) is 6.92 Å². The molecule has 2 aliphatic heterocycles. The molecule has 0 saturated carbocycles. The van der Waals surface area contributed by atoms with Gasteiger partial charge in [-0.1, -0.05) is 32.6 Å². The maximum Gasteiger partial charge on any atom is 0.331 e. The van der Waals surface area contributed by atoms with Crippen LogP contribution in [0.1, 0.15) is 51.9 Å². The summed E-state index contributed by atoms with van der Waals surface area (Å²) in [5.41, 5.74) is 0. The number of carbonyl (C=O) groups is 3. The lowest BCUT2D eigenvalue weighted by Gasteiger charge is -2.34. The molecule has 2 aliphatic rings. The van der Waals surface area contributed by atoms with Crippen molar-refractivity contribution in [2.45, 2.75) is 64.1 Å². The van der Waals surface area contributed by atoms with Gasteiger partial charge in [0.15, 0.2) is 0 Å². The zero-order valence-electron chi connectivity index (χ0n) is 12.6. The van der Waals surface area contributed by atoms with Crippen molar-refractivity contribution in [3.8, 4) is 0 Å². The number of nitrogens with one attached hydrogen (secondary N) is 1. The molecule has 0 aliphatic carbocycles. The van der Waals surface area contributed by atoms with Crippen LogP contribution in [0.4, 0.5) is 9.18 Å². The van der Waals surface area contributed by atoms with Gasteiger partial charge in [-0.25, -0.2) is 9.69 Å². The Labute approximate surface area is 128 Å². The minimum Gasteiger partial charge on any atom is -0.439 e. The number of ether oxygens (including phenoxy) is 2. The van der Waals surface area contributed by atoms with E-state index < -0.39 is 36.5 Å². The van der Waals surface area contributed by atoms with Gasteiger partial charge in [-0.05, 0) is 6.42 Å². The van der Waals surface area contributed by atoms with E-state index in [1.165, 1.54) is 0 Å². The van der Waals surface area contributed by atoms with E-state index in [0.717, 1.165) is 25.7 Å². The van der Waals surface area contributed by atoms with Gasteiger partial charge in [-0.15, -0.1) is 0 Å². The van der Waals surface area contributed by atoms with E-state index >= 15 is 0 Å². The lowest BCUT2D eigenvalue weighted by molar-refractivity contribution is -0.194. The number of esters is 1. The molecule has 7 nitrogen and oxygen atoms in total. The van der Waals surface area contributed by atoms with Crippen LogP contribution in [-0.4, -0.2) is 41.6 Å². The van der Waals surface area contributed by atoms with Crippen molar-refractivity contribution in [1.82, 2.24) is 10.2 Å². The largest absolute Gasteiger partial charge is 0.439 e. The number of fused-ring (bicyclic) bond motifs is 1. The van der Waals surface area contributed by atoms with Crippen LogP contribution in [-0.2, 0) is 19.1 Å². The molecular weight excluding hydrogens is 295 g/mol. The molecule has 2 atom stereocenters. The topological polar surface area (TPSA) is 84.9 Å². The van der Waals surface area contributed by atoms with E-state index in [-0.39, 0.29) is 13.0 Å². The van der Waals surface area contributed by atoms with Crippen LogP contribution < -0.4 is 5.32 Å². The van der Waals surface area contributed by atoms with Crippen molar-refractivity contribution in [3.05, 3.63) is 0 Å². The Kier molecular flexibility index (Phi) is 5.33. The first kappa shape index (κ1) is 16.7. The lowest BCUT2D eigenvalue weighted by Crippen LogP contribution is -2.61. The molecule has 2 rings (SSSR count). The number of nitrogens with zero attached hydrogens (tertiary/aromatic N) is 1. The highest BCUT2D eigenvalue weighted by atomic mass is 19.2. The van der Waals surface area contributed by atoms with Crippen LogP contribution in [0, 0.1) is 0 Å². The highest BCUT2D eigenvalue weighted by Crippen LogP contribution is 2.35. The standard InChI is InChI=1S/C14H21FN2O5/c1-2-3-4-5-6-7-12(19)22-11-9-21-14(15)8-10(18)16-13(20)17(11)14/h11H,2-9H2,1H3,(H,16,18,20)/t11-,14?/m0/s1. The molecule has 2 heterocycles. The molecule has 3 amide bonds. The van der Waals surface area contributed by atoms with Crippen molar-refractivity contribution < 1.29 is 28.2 Å². The van der Waals surface area contributed by atoms with Crippen LogP contribution in [0.5, 0.6) is 0 Å². The first-order valence-electron chi connectivity index (χ1n) is 7.62. The number of urea groups is 1. The SMILES string of the molecule is CCCCCCCC(=O)O[C@H]1COC2(F)CC(=O)NC(=O)N12. The fourth-order valence-electron chi connectivity index (χ4n) is 2.57. The maximum absolute atomic E-state index is 14.4. The molecule has 0 bridgehead atoms. The van der Waals surface area contributed by atoms with Gasteiger partial charge in [0, 0.05) is 6.42 Å². The first-order chi connectivity index (χ1) is 10.5. The Morgan fingerprint density at radius 3 is 2.86 bits per heavy atom. The summed E-state index contributed by atoms with van der Waals surface area (Å²) < 4.78 is 24.3. The van der Waals surface area contributed by atoms with Crippen molar-refractivity contribution >= 4 is 17.9 Å². The average molecular weight is 316 g/mol. The summed E-state index contributed by atoms with van der Waals surface area (Å²) in [6.45, 7) is 1.82.